The molecule has 0 aromatic heterocycles. The number of carbonyl (C=O) groups is 6. The molecule has 11 nitrogen and oxygen atoms in total. The van der Waals surface area contributed by atoms with Crippen LogP contribution in [-0.4, -0.2) is 45.8 Å². The molecule has 12 heteroatoms. The molecule has 0 spiro atoms. The fraction of sp³-hybridized carbons (Fsp3) is 0. The fourth-order valence-corrected chi connectivity index (χ4v) is 8.66. The molecule has 0 bridgehead atoms. The zero-order valence-corrected chi connectivity index (χ0v) is 25.5. The monoisotopic (exact) mass is 656 g/mol. The van der Waals surface area contributed by atoms with E-state index in [1.165, 1.54) is 48.5 Å². The van der Waals surface area contributed by atoms with Crippen LogP contribution >= 0.6 is 7.14 Å². The number of carboxylic acid groups (broad SMARTS) is 2. The number of fused-ring (bicyclic) bond motifs is 2. The second-order valence-electron chi connectivity index (χ2n) is 11.0. The smallest absolute Gasteiger partial charge is 0.335 e. The topological polar surface area (TPSA) is 166 Å². The van der Waals surface area contributed by atoms with Crippen LogP contribution in [0.1, 0.15) is 62.1 Å². The first kappa shape index (κ1) is 30.2. The van der Waals surface area contributed by atoms with Crippen LogP contribution < -0.4 is 25.7 Å². The zero-order valence-electron chi connectivity index (χ0n) is 24.6. The highest BCUT2D eigenvalue weighted by Crippen LogP contribution is 2.44. The van der Waals surface area contributed by atoms with Gasteiger partial charge in [0.15, 0.2) is 7.14 Å². The highest BCUT2D eigenvalue weighted by molar-refractivity contribution is 7.85. The molecule has 0 aliphatic carbocycles. The van der Waals surface area contributed by atoms with Crippen molar-refractivity contribution >= 4 is 70.0 Å². The quantitative estimate of drug-likeness (QED) is 0.192. The number of imide groups is 2. The van der Waals surface area contributed by atoms with Crippen LogP contribution in [0.15, 0.2) is 115 Å². The summed E-state index contributed by atoms with van der Waals surface area (Å²) in [5, 5.41) is 19.6. The standard InChI is InChI=1S/C36H21N2O9P/c39-31-27-14-12-20(35(43)44)16-29(27)33(41)37(31)22-6-4-10-25(18-22)48(47,24-8-2-1-3-9-24)26-11-5-7-23(19-26)38-32(40)28-15-13-21(36(45)46)17-30(28)34(38)42/h1-19H,(H,43,44)(H,45,46). The summed E-state index contributed by atoms with van der Waals surface area (Å²) in [6.45, 7) is 0. The first-order valence-corrected chi connectivity index (χ1v) is 16.1. The second kappa shape index (κ2) is 11.1. The molecule has 2 N–H and O–H groups in total. The summed E-state index contributed by atoms with van der Waals surface area (Å²) >= 11 is 0. The maximum absolute atomic E-state index is 15.4. The summed E-state index contributed by atoms with van der Waals surface area (Å²) in [7, 11) is -3.83. The van der Waals surface area contributed by atoms with Gasteiger partial charge in [-0.3, -0.25) is 19.2 Å². The van der Waals surface area contributed by atoms with Gasteiger partial charge in [-0.05, 0) is 60.7 Å². The van der Waals surface area contributed by atoms with Gasteiger partial charge in [0, 0.05) is 15.9 Å². The van der Waals surface area contributed by atoms with Crippen LogP contribution in [0, 0.1) is 0 Å². The Morgan fingerprint density at radius 1 is 0.458 bits per heavy atom. The summed E-state index contributed by atoms with van der Waals surface area (Å²) in [5.41, 5.74) is -0.161. The van der Waals surface area contributed by atoms with E-state index in [1.54, 1.807) is 54.6 Å². The maximum Gasteiger partial charge on any atom is 0.335 e. The second-order valence-corrected chi connectivity index (χ2v) is 13.8. The molecule has 0 saturated carbocycles. The van der Waals surface area contributed by atoms with Crippen LogP contribution in [0.2, 0.25) is 0 Å². The average Bonchev–Trinajstić information content (AvgIpc) is 3.51. The Labute approximate surface area is 271 Å². The number of hydrogen-bond donors (Lipinski definition) is 2. The number of benzene rings is 5. The molecule has 4 amide bonds. The van der Waals surface area contributed by atoms with Crippen molar-refractivity contribution in [1.29, 1.82) is 0 Å². The van der Waals surface area contributed by atoms with Gasteiger partial charge >= 0.3 is 11.9 Å². The third kappa shape index (κ3) is 4.56. The molecular formula is C36H21N2O9P. The first-order chi connectivity index (χ1) is 23.0. The SMILES string of the molecule is O=C(O)c1ccc2c(c1)C(=O)N(c1cccc(P(=O)(c3ccccc3)c3cccc(N4C(=O)c5ccc(C(=O)O)cc5C4=O)c3)c1)C2=O. The third-order valence-electron chi connectivity index (χ3n) is 8.29. The summed E-state index contributed by atoms with van der Waals surface area (Å²) < 4.78 is 15.4. The molecule has 7 rings (SSSR count). The number of aromatic carboxylic acids is 2. The Bertz CT molecular complexity index is 2190. The Kier molecular flexibility index (Phi) is 7.00. The van der Waals surface area contributed by atoms with Crippen LogP contribution in [0.3, 0.4) is 0 Å². The van der Waals surface area contributed by atoms with E-state index in [0.29, 0.717) is 5.30 Å². The van der Waals surface area contributed by atoms with E-state index < -0.39 is 42.7 Å². The highest BCUT2D eigenvalue weighted by Gasteiger charge is 2.40. The average molecular weight is 657 g/mol. The molecule has 5 aromatic rings. The van der Waals surface area contributed by atoms with E-state index in [9.17, 15) is 39.0 Å². The summed E-state index contributed by atoms with van der Waals surface area (Å²) in [6.07, 6.45) is 0. The molecule has 234 valence electrons. The molecular weight excluding hydrogens is 635 g/mol. The molecule has 2 aliphatic rings. The van der Waals surface area contributed by atoms with E-state index in [0.717, 1.165) is 21.9 Å². The van der Waals surface area contributed by atoms with Gasteiger partial charge in [0.25, 0.3) is 23.6 Å². The van der Waals surface area contributed by atoms with Gasteiger partial charge < -0.3 is 14.8 Å². The van der Waals surface area contributed by atoms with E-state index in [2.05, 4.69) is 0 Å². The first-order valence-electron chi connectivity index (χ1n) is 14.4. The number of anilines is 2. The largest absolute Gasteiger partial charge is 0.478 e. The molecule has 0 atom stereocenters. The lowest BCUT2D eigenvalue weighted by Gasteiger charge is -2.23. The van der Waals surface area contributed by atoms with Crippen LogP contribution in [0.4, 0.5) is 11.4 Å². The van der Waals surface area contributed by atoms with Crippen molar-refractivity contribution in [3.05, 3.63) is 149 Å². The number of carboxylic acids is 2. The van der Waals surface area contributed by atoms with Gasteiger partial charge in [-0.15, -0.1) is 0 Å². The minimum Gasteiger partial charge on any atom is -0.478 e. The van der Waals surface area contributed by atoms with E-state index in [1.807, 2.05) is 0 Å². The van der Waals surface area contributed by atoms with Crippen LogP contribution in [0.25, 0.3) is 0 Å². The Morgan fingerprint density at radius 2 is 0.854 bits per heavy atom. The Morgan fingerprint density at radius 3 is 1.27 bits per heavy atom. The summed E-state index contributed by atoms with van der Waals surface area (Å²) in [4.78, 5) is 78.4. The Hall–Kier alpha value is -6.45. The van der Waals surface area contributed by atoms with Crippen molar-refractivity contribution in [2.45, 2.75) is 0 Å². The van der Waals surface area contributed by atoms with E-state index >= 15 is 4.57 Å². The normalized spacial score (nSPS) is 13.9. The highest BCUT2D eigenvalue weighted by atomic mass is 31.2. The zero-order chi connectivity index (χ0) is 33.9. The van der Waals surface area contributed by atoms with Gasteiger partial charge in [-0.25, -0.2) is 19.4 Å². The van der Waals surface area contributed by atoms with Crippen LogP contribution in [0.5, 0.6) is 0 Å². The Balaban J connectivity index is 1.32. The predicted molar refractivity (Wildman–Crippen MR) is 175 cm³/mol. The van der Waals surface area contributed by atoms with Gasteiger partial charge in [0.1, 0.15) is 0 Å². The summed E-state index contributed by atoms with van der Waals surface area (Å²) in [5.74, 6) is -5.31. The molecule has 2 heterocycles. The predicted octanol–water partition coefficient (Wildman–Crippen LogP) is 4.32. The number of carbonyl (C=O) groups excluding carboxylic acids is 4. The third-order valence-corrected chi connectivity index (χ3v) is 11.3. The van der Waals surface area contributed by atoms with Gasteiger partial charge in [-0.2, -0.15) is 0 Å². The van der Waals surface area contributed by atoms with Crippen molar-refractivity contribution in [2.24, 2.45) is 0 Å². The van der Waals surface area contributed by atoms with E-state index in [4.69, 9.17) is 0 Å². The van der Waals surface area contributed by atoms with Gasteiger partial charge in [-0.1, -0.05) is 54.6 Å². The van der Waals surface area contributed by atoms with Crippen molar-refractivity contribution in [3.8, 4) is 0 Å². The number of hydrogen-bond acceptors (Lipinski definition) is 7. The molecule has 0 fully saturated rings. The van der Waals surface area contributed by atoms with Crippen molar-refractivity contribution in [3.63, 3.8) is 0 Å². The molecule has 48 heavy (non-hydrogen) atoms. The molecule has 0 unspecified atom stereocenters. The van der Waals surface area contributed by atoms with Crippen molar-refractivity contribution in [1.82, 2.24) is 0 Å². The minimum absolute atomic E-state index is 0.0331. The number of nitrogens with zero attached hydrogens (tertiary/aromatic N) is 2. The molecule has 2 aliphatic heterocycles. The maximum atomic E-state index is 15.4. The molecule has 5 aromatic carbocycles. The van der Waals surface area contributed by atoms with E-state index in [-0.39, 0.29) is 55.4 Å². The van der Waals surface area contributed by atoms with Gasteiger partial charge in [0.05, 0.1) is 44.8 Å². The number of rotatable bonds is 7. The lowest BCUT2D eigenvalue weighted by atomic mass is 10.1. The number of amides is 4. The lowest BCUT2D eigenvalue weighted by molar-refractivity contribution is 0.0686. The van der Waals surface area contributed by atoms with Crippen molar-refractivity contribution < 1.29 is 43.5 Å². The van der Waals surface area contributed by atoms with Gasteiger partial charge in [0.2, 0.25) is 0 Å². The fourth-order valence-electron chi connectivity index (χ4n) is 5.96. The lowest BCUT2D eigenvalue weighted by Crippen LogP contribution is -2.32. The van der Waals surface area contributed by atoms with Crippen LogP contribution in [-0.2, 0) is 4.57 Å². The van der Waals surface area contributed by atoms with Crippen molar-refractivity contribution in [2.75, 3.05) is 9.80 Å². The molecule has 0 saturated heterocycles. The summed E-state index contributed by atoms with van der Waals surface area (Å²) in [6, 6.07) is 27.9. The minimum atomic E-state index is -3.83. The molecule has 0 radical (unpaired) electrons.